The highest BCUT2D eigenvalue weighted by molar-refractivity contribution is 5.91. The number of hydrogen-bond donors (Lipinski definition) is 4. The van der Waals surface area contributed by atoms with Gasteiger partial charge in [0.15, 0.2) is 5.82 Å². The van der Waals surface area contributed by atoms with Crippen LogP contribution in [0.25, 0.3) is 0 Å². The molecule has 1 aromatic carbocycles. The van der Waals surface area contributed by atoms with Crippen molar-refractivity contribution in [1.29, 1.82) is 0 Å². The summed E-state index contributed by atoms with van der Waals surface area (Å²) in [6.45, 7) is 9.42. The van der Waals surface area contributed by atoms with Crippen molar-refractivity contribution in [3.63, 3.8) is 0 Å². The second-order valence-electron chi connectivity index (χ2n) is 8.47. The van der Waals surface area contributed by atoms with E-state index >= 15 is 0 Å². The van der Waals surface area contributed by atoms with Gasteiger partial charge in [-0.15, -0.1) is 0 Å². The molecule has 0 radical (unpaired) electrons. The summed E-state index contributed by atoms with van der Waals surface area (Å²) >= 11 is 0. The summed E-state index contributed by atoms with van der Waals surface area (Å²) < 4.78 is 27.0. The Bertz CT molecular complexity index is 1050. The molecule has 0 saturated carbocycles. The van der Waals surface area contributed by atoms with Crippen molar-refractivity contribution in [2.75, 3.05) is 11.9 Å². The maximum Gasteiger partial charge on any atom is 0.244 e. The normalized spacial score (nSPS) is 17.2. The largest absolute Gasteiger partial charge is 0.382 e. The van der Waals surface area contributed by atoms with Gasteiger partial charge in [0.2, 0.25) is 5.91 Å². The van der Waals surface area contributed by atoms with Crippen LogP contribution >= 0.6 is 0 Å². The van der Waals surface area contributed by atoms with Crippen LogP contribution in [0, 0.1) is 5.82 Å². The zero-order valence-electron chi connectivity index (χ0n) is 18.4. The predicted octanol–water partition coefficient (Wildman–Crippen LogP) is 4.22. The van der Waals surface area contributed by atoms with Crippen LogP contribution in [0.1, 0.15) is 44.6 Å². The van der Waals surface area contributed by atoms with Gasteiger partial charge in [0, 0.05) is 29.3 Å². The number of carbonyl (C=O) groups excluding carboxylic acids is 1. The molecule has 2 unspecified atom stereocenters. The number of H-pyrrole nitrogens is 1. The molecule has 6 nitrogen and oxygen atoms in total. The highest BCUT2D eigenvalue weighted by Crippen LogP contribution is 2.37. The van der Waals surface area contributed by atoms with Crippen molar-refractivity contribution in [2.45, 2.75) is 44.9 Å². The molecule has 4 N–H and O–H groups in total. The molecule has 8 heteroatoms. The number of hydrogen-bond acceptors (Lipinski definition) is 4. The van der Waals surface area contributed by atoms with Gasteiger partial charge < -0.3 is 15.7 Å². The van der Waals surface area contributed by atoms with E-state index in [0.717, 1.165) is 16.8 Å². The van der Waals surface area contributed by atoms with Gasteiger partial charge in [0.25, 0.3) is 0 Å². The van der Waals surface area contributed by atoms with Gasteiger partial charge in [-0.05, 0) is 30.7 Å². The van der Waals surface area contributed by atoms with Crippen LogP contribution < -0.4 is 10.6 Å². The molecule has 2 atom stereocenters. The highest BCUT2D eigenvalue weighted by Gasteiger charge is 2.31. The van der Waals surface area contributed by atoms with Crippen molar-refractivity contribution < 1.29 is 18.7 Å². The number of anilines is 1. The van der Waals surface area contributed by atoms with E-state index in [0.29, 0.717) is 17.8 Å². The molecule has 0 saturated heterocycles. The van der Waals surface area contributed by atoms with Gasteiger partial charge in [0.05, 0.1) is 6.54 Å². The van der Waals surface area contributed by atoms with E-state index in [2.05, 4.69) is 27.4 Å². The molecule has 2 aromatic rings. The van der Waals surface area contributed by atoms with Crippen LogP contribution in [0.2, 0.25) is 0 Å². The molecule has 170 valence electrons. The molecule has 0 fully saturated rings. The summed E-state index contributed by atoms with van der Waals surface area (Å²) in [6.07, 6.45) is 1.80. The molecule has 1 heterocycles. The van der Waals surface area contributed by atoms with Crippen molar-refractivity contribution in [3.05, 3.63) is 83.0 Å². The molecule has 1 aromatic heterocycles. The van der Waals surface area contributed by atoms with Crippen LogP contribution in [-0.2, 0) is 10.2 Å². The number of nitrogens with zero attached hydrogens (tertiary/aromatic N) is 1. The fraction of sp³-hybridized carbons (Fsp3) is 0.333. The van der Waals surface area contributed by atoms with E-state index in [4.69, 9.17) is 0 Å². The zero-order chi connectivity index (χ0) is 23.5. The number of rotatable bonds is 8. The van der Waals surface area contributed by atoms with Crippen molar-refractivity contribution in [1.82, 2.24) is 15.5 Å². The average molecular weight is 443 g/mol. The van der Waals surface area contributed by atoms with E-state index < -0.39 is 23.5 Å². The molecule has 1 aliphatic rings. The van der Waals surface area contributed by atoms with E-state index in [9.17, 15) is 18.7 Å². The summed E-state index contributed by atoms with van der Waals surface area (Å²) in [5, 5.41) is 22.8. The Labute approximate surface area is 186 Å². The van der Waals surface area contributed by atoms with Crippen LogP contribution in [0.4, 0.5) is 14.6 Å². The number of allylic oxidation sites excluding steroid dienone is 4. The minimum atomic E-state index is -1.08. The van der Waals surface area contributed by atoms with Gasteiger partial charge in [-0.3, -0.25) is 9.89 Å². The minimum Gasteiger partial charge on any atom is -0.382 e. The summed E-state index contributed by atoms with van der Waals surface area (Å²) in [6, 6.07) is 7.10. The van der Waals surface area contributed by atoms with Gasteiger partial charge >= 0.3 is 0 Å². The molecule has 0 spiro atoms. The van der Waals surface area contributed by atoms with Gasteiger partial charge in [-0.25, -0.2) is 8.78 Å². The Morgan fingerprint density at radius 1 is 1.38 bits per heavy atom. The monoisotopic (exact) mass is 442 g/mol. The van der Waals surface area contributed by atoms with Gasteiger partial charge in [0.1, 0.15) is 18.1 Å². The number of aliphatic hydroxyl groups is 1. The lowest BCUT2D eigenvalue weighted by atomic mass is 9.76. The Morgan fingerprint density at radius 3 is 2.72 bits per heavy atom. The molecule has 1 amide bonds. The third kappa shape index (κ3) is 5.50. The first-order valence-electron chi connectivity index (χ1n) is 10.3. The lowest BCUT2D eigenvalue weighted by Crippen LogP contribution is -2.29. The third-order valence-corrected chi connectivity index (χ3v) is 5.57. The molecule has 0 aliphatic heterocycles. The number of carbonyl (C=O) groups is 1. The predicted molar refractivity (Wildman–Crippen MR) is 120 cm³/mol. The summed E-state index contributed by atoms with van der Waals surface area (Å²) in [7, 11) is 0. The zero-order valence-corrected chi connectivity index (χ0v) is 18.4. The van der Waals surface area contributed by atoms with Gasteiger partial charge in [-0.1, -0.05) is 49.8 Å². The van der Waals surface area contributed by atoms with Crippen molar-refractivity contribution in [3.8, 4) is 0 Å². The topological polar surface area (TPSA) is 90.0 Å². The lowest BCUT2D eigenvalue weighted by Gasteiger charge is -2.29. The summed E-state index contributed by atoms with van der Waals surface area (Å²) in [5.74, 6) is -0.450. The molecular weight excluding hydrogens is 414 g/mol. The molecule has 32 heavy (non-hydrogen) atoms. The smallest absolute Gasteiger partial charge is 0.244 e. The number of halogens is 2. The Hall–Kier alpha value is -3.26. The Morgan fingerprint density at radius 2 is 2.06 bits per heavy atom. The van der Waals surface area contributed by atoms with Crippen LogP contribution in [-0.4, -0.2) is 33.9 Å². The first-order chi connectivity index (χ1) is 15.1. The average Bonchev–Trinajstić information content (AvgIpc) is 3.20. The second-order valence-corrected chi connectivity index (χ2v) is 8.47. The second kappa shape index (κ2) is 9.48. The van der Waals surface area contributed by atoms with Crippen molar-refractivity contribution >= 4 is 11.7 Å². The number of aliphatic hydroxyl groups excluding tert-OH is 1. The fourth-order valence-electron chi connectivity index (χ4n) is 3.57. The number of benzene rings is 1. The third-order valence-electron chi connectivity index (χ3n) is 5.57. The van der Waals surface area contributed by atoms with Crippen LogP contribution in [0.5, 0.6) is 0 Å². The molecular formula is C24H28F2N4O2. The van der Waals surface area contributed by atoms with E-state index in [1.165, 1.54) is 24.3 Å². The standard InChI is InChI=1S/C24H28F2N4O2/c1-14-9-17(11-19(26)10-14)24(3,4)20-12-21(30-29-20)28-22(31)13-27-15(2)23(32)16-5-7-18(25)8-6-16/h5-10,12,19,23,27,32H,2,11,13H2,1,3-4H3,(H2,28,29,30,31). The number of aromatic amines is 1. The maximum atomic E-state index is 14.0. The molecule has 1 aliphatic carbocycles. The van der Waals surface area contributed by atoms with Crippen LogP contribution in [0.3, 0.4) is 0 Å². The lowest BCUT2D eigenvalue weighted by molar-refractivity contribution is -0.115. The van der Waals surface area contributed by atoms with Gasteiger partial charge in [-0.2, -0.15) is 5.10 Å². The summed E-state index contributed by atoms with van der Waals surface area (Å²) in [5.41, 5.74) is 2.77. The van der Waals surface area contributed by atoms with Crippen LogP contribution in [0.15, 0.2) is 65.9 Å². The first-order valence-corrected chi connectivity index (χ1v) is 10.3. The number of alkyl halides is 1. The highest BCUT2D eigenvalue weighted by atomic mass is 19.1. The quantitative estimate of drug-likeness (QED) is 0.493. The van der Waals surface area contributed by atoms with E-state index in [-0.39, 0.29) is 18.1 Å². The SMILES string of the molecule is C=C(NCC(=O)Nc1cc(C(C)(C)C2=CC(C)=CC(F)C2)[nH]n1)C(O)c1ccc(F)cc1. The maximum absolute atomic E-state index is 14.0. The molecule has 0 bridgehead atoms. The number of nitrogens with one attached hydrogen (secondary N) is 3. The van der Waals surface area contributed by atoms with E-state index in [1.807, 2.05) is 26.8 Å². The Kier molecular flexibility index (Phi) is 6.93. The molecule has 3 rings (SSSR count). The fourth-order valence-corrected chi connectivity index (χ4v) is 3.57. The number of aromatic nitrogens is 2. The minimum absolute atomic E-state index is 0.138. The van der Waals surface area contributed by atoms with E-state index in [1.54, 1.807) is 12.1 Å². The first kappa shape index (κ1) is 23.4. The summed E-state index contributed by atoms with van der Waals surface area (Å²) in [4.78, 5) is 12.3. The Balaban J connectivity index is 1.57. The number of amides is 1. The van der Waals surface area contributed by atoms with Crippen molar-refractivity contribution in [2.24, 2.45) is 0 Å².